The van der Waals surface area contributed by atoms with Crippen molar-refractivity contribution in [3.8, 4) is 5.75 Å². The van der Waals surface area contributed by atoms with Crippen LogP contribution >= 0.6 is 11.3 Å². The number of pyridine rings is 1. The maximum absolute atomic E-state index is 12.9. The van der Waals surface area contributed by atoms with Gasteiger partial charge in [0.1, 0.15) is 11.7 Å². The number of thiazole rings is 1. The largest absolute Gasteiger partial charge is 0.503 e. The molecule has 4 amide bonds. The summed E-state index contributed by atoms with van der Waals surface area (Å²) in [5.74, 6) is -4.60. The Bertz CT molecular complexity index is 1540. The van der Waals surface area contributed by atoms with Gasteiger partial charge in [0.15, 0.2) is 16.6 Å². The number of nitrogens with two attached hydrogens (primary N) is 1. The molecule has 216 valence electrons. The Kier molecular flexibility index (Phi) is 8.75. The summed E-state index contributed by atoms with van der Waals surface area (Å²) in [6.07, 6.45) is 0.693. The van der Waals surface area contributed by atoms with E-state index < -0.39 is 82.8 Å². The van der Waals surface area contributed by atoms with E-state index in [1.165, 1.54) is 5.38 Å². The number of amides is 4. The van der Waals surface area contributed by atoms with E-state index in [9.17, 15) is 47.3 Å². The van der Waals surface area contributed by atoms with E-state index in [4.69, 9.17) is 10.8 Å². The summed E-state index contributed by atoms with van der Waals surface area (Å²) >= 11 is 0.895. The molecule has 1 aliphatic rings. The highest BCUT2D eigenvalue weighted by Crippen LogP contribution is 2.23. The molecule has 0 radical (unpaired) electrons. The fourth-order valence-corrected chi connectivity index (χ4v) is 4.67. The van der Waals surface area contributed by atoms with Gasteiger partial charge < -0.3 is 41.9 Å². The van der Waals surface area contributed by atoms with E-state index in [0.717, 1.165) is 17.4 Å². The maximum atomic E-state index is 12.9. The summed E-state index contributed by atoms with van der Waals surface area (Å²) in [6.45, 7) is -2.01. The molecular weight excluding hydrogens is 584 g/mol. The Morgan fingerprint density at radius 3 is 2.55 bits per heavy atom. The second-order valence-corrected chi connectivity index (χ2v) is 9.91. The zero-order valence-corrected chi connectivity index (χ0v) is 21.4. The van der Waals surface area contributed by atoms with Crippen LogP contribution in [0.2, 0.25) is 0 Å². The van der Waals surface area contributed by atoms with E-state index in [0.29, 0.717) is 10.9 Å². The minimum Gasteiger partial charge on any atom is -0.503 e. The molecule has 1 aliphatic heterocycles. The number of aromatic nitrogens is 2. The number of hydrogen-bond acceptors (Lipinski definition) is 14. The number of carboxylic acids is 1. The fraction of sp³-hybridized carbons (Fsp3) is 0.278. The first-order valence-corrected chi connectivity index (χ1v) is 12.9. The highest BCUT2D eigenvalue weighted by molar-refractivity contribution is 7.84. The molecule has 2 aromatic rings. The number of carbonyl (C=O) groups excluding carboxylic acids is 3. The lowest BCUT2D eigenvalue weighted by Crippen LogP contribution is -2.74. The van der Waals surface area contributed by atoms with Gasteiger partial charge in [-0.05, 0) is 0 Å². The predicted molar refractivity (Wildman–Crippen MR) is 131 cm³/mol. The van der Waals surface area contributed by atoms with Gasteiger partial charge >= 0.3 is 22.3 Å². The zero-order valence-electron chi connectivity index (χ0n) is 19.7. The van der Waals surface area contributed by atoms with Gasteiger partial charge in [0.2, 0.25) is 12.0 Å². The monoisotopic (exact) mass is 604 g/mol. The number of rotatable bonds is 11. The Labute approximate surface area is 226 Å². The molecule has 3 heterocycles. The third-order valence-corrected chi connectivity index (χ3v) is 6.64. The number of carboxylic acid groups (broad SMARTS) is 1. The molecule has 2 atom stereocenters. The molecule has 1 fully saturated rings. The second-order valence-electron chi connectivity index (χ2n) is 7.73. The van der Waals surface area contributed by atoms with Crippen LogP contribution in [0.3, 0.4) is 0 Å². The summed E-state index contributed by atoms with van der Waals surface area (Å²) in [5, 5.41) is 38.9. The van der Waals surface area contributed by atoms with Crippen LogP contribution in [0.1, 0.15) is 11.4 Å². The molecule has 0 aliphatic carbocycles. The van der Waals surface area contributed by atoms with E-state index in [1.54, 1.807) is 0 Å². The summed E-state index contributed by atoms with van der Waals surface area (Å²) in [6, 6.07) is -3.32. The number of oxime groups is 1. The molecule has 2 aromatic heterocycles. The number of urea groups is 1. The van der Waals surface area contributed by atoms with Crippen molar-refractivity contribution in [1.29, 1.82) is 0 Å². The quantitative estimate of drug-likeness (QED) is 0.0408. The molecule has 0 unspecified atom stereocenters. The summed E-state index contributed by atoms with van der Waals surface area (Å²) in [5.41, 5.74) is 3.79. The van der Waals surface area contributed by atoms with Crippen molar-refractivity contribution in [2.75, 3.05) is 18.9 Å². The van der Waals surface area contributed by atoms with Crippen molar-refractivity contribution in [3.63, 3.8) is 0 Å². The van der Waals surface area contributed by atoms with Gasteiger partial charge in [0.25, 0.3) is 11.8 Å². The first kappa shape index (κ1) is 29.6. The molecule has 40 heavy (non-hydrogen) atoms. The SMILES string of the molecule is Nc1nc(C(=NOCC(=O)O)C(=O)N[C@@H]2C(=O)N(S(=O)(=O)O)[C@H]2CNC(=O)NCc2cc(=O)c(O)cn2O)cs1. The highest BCUT2D eigenvalue weighted by Gasteiger charge is 2.54. The highest BCUT2D eigenvalue weighted by atomic mass is 32.2. The molecule has 0 aromatic carbocycles. The number of nitrogen functional groups attached to an aromatic ring is 1. The standard InChI is InChI=1S/C18H20N8O12S2/c19-17-22-8(6-39-17)13(24-38-5-12(29)30)15(31)23-14-9(26(16(14)32)40(35,36)37)3-21-18(33)20-2-7-1-10(27)11(28)4-25(7)34/h1,4,6,9,14,28,34H,2-3,5H2,(H2,19,22)(H,23,31)(H,29,30)(H2,20,21,33)(H,35,36,37)/t9-,14-/m0/s1. The van der Waals surface area contributed by atoms with Crippen LogP contribution < -0.4 is 27.1 Å². The first-order valence-electron chi connectivity index (χ1n) is 10.6. The second kappa shape index (κ2) is 11.8. The molecule has 0 bridgehead atoms. The minimum atomic E-state index is -5.12. The Morgan fingerprint density at radius 2 is 1.95 bits per heavy atom. The predicted octanol–water partition coefficient (Wildman–Crippen LogP) is -3.37. The third-order valence-electron chi connectivity index (χ3n) is 5.02. The molecular formula is C18H20N8O12S2. The van der Waals surface area contributed by atoms with Crippen molar-refractivity contribution >= 4 is 56.3 Å². The topological polar surface area (TPSA) is 305 Å². The molecule has 9 N–H and O–H groups in total. The van der Waals surface area contributed by atoms with Gasteiger partial charge in [-0.3, -0.25) is 18.9 Å². The van der Waals surface area contributed by atoms with Crippen LogP contribution in [0.15, 0.2) is 27.6 Å². The van der Waals surface area contributed by atoms with Gasteiger partial charge in [-0.2, -0.15) is 13.1 Å². The van der Waals surface area contributed by atoms with Crippen molar-refractivity contribution in [3.05, 3.63) is 39.3 Å². The lowest BCUT2D eigenvalue weighted by atomic mass is 9.98. The number of hydrogen-bond donors (Lipinski definition) is 8. The average Bonchev–Trinajstić information content (AvgIpc) is 3.28. The Balaban J connectivity index is 1.71. The summed E-state index contributed by atoms with van der Waals surface area (Å²) < 4.78 is 33.2. The van der Waals surface area contributed by atoms with Gasteiger partial charge in [-0.25, -0.2) is 18.9 Å². The van der Waals surface area contributed by atoms with Crippen LogP contribution in [0, 0.1) is 0 Å². The lowest BCUT2D eigenvalue weighted by molar-refractivity contribution is -0.144. The molecule has 1 saturated heterocycles. The molecule has 3 rings (SSSR count). The number of carbonyl (C=O) groups is 4. The van der Waals surface area contributed by atoms with Crippen LogP contribution in [-0.2, 0) is 36.1 Å². The molecule has 22 heteroatoms. The number of β-lactam (4-membered cyclic amide) rings is 1. The summed E-state index contributed by atoms with van der Waals surface area (Å²) in [4.78, 5) is 68.1. The van der Waals surface area contributed by atoms with E-state index in [-0.39, 0.29) is 20.8 Å². The van der Waals surface area contributed by atoms with E-state index >= 15 is 0 Å². The normalized spacial score (nSPS) is 17.1. The molecule has 0 spiro atoms. The number of aromatic hydroxyl groups is 1. The third kappa shape index (κ3) is 6.91. The van der Waals surface area contributed by atoms with Crippen LogP contribution in [-0.4, -0.2) is 97.2 Å². The van der Waals surface area contributed by atoms with Crippen LogP contribution in [0.4, 0.5) is 9.93 Å². The van der Waals surface area contributed by atoms with E-state index in [2.05, 4.69) is 30.9 Å². The zero-order chi connectivity index (χ0) is 29.8. The van der Waals surface area contributed by atoms with Gasteiger partial charge in [-0.1, -0.05) is 5.16 Å². The Morgan fingerprint density at radius 1 is 1.25 bits per heavy atom. The molecule has 20 nitrogen and oxygen atoms in total. The van der Waals surface area contributed by atoms with Crippen molar-refractivity contribution in [2.45, 2.75) is 18.6 Å². The van der Waals surface area contributed by atoms with Crippen molar-refractivity contribution in [2.24, 2.45) is 5.16 Å². The number of nitrogens with zero attached hydrogens (tertiary/aromatic N) is 4. The number of anilines is 1. The van der Waals surface area contributed by atoms with Crippen molar-refractivity contribution in [1.82, 2.24) is 30.0 Å². The van der Waals surface area contributed by atoms with Gasteiger partial charge in [-0.15, -0.1) is 11.3 Å². The maximum Gasteiger partial charge on any atom is 0.362 e. The fourth-order valence-electron chi connectivity index (χ4n) is 3.24. The molecule has 0 saturated carbocycles. The Hall–Kier alpha value is -4.96. The first-order chi connectivity index (χ1) is 18.7. The number of aliphatic carboxylic acids is 1. The summed E-state index contributed by atoms with van der Waals surface area (Å²) in [7, 11) is -5.12. The van der Waals surface area contributed by atoms with E-state index in [1.807, 2.05) is 0 Å². The smallest absolute Gasteiger partial charge is 0.362 e. The van der Waals surface area contributed by atoms with Crippen LogP contribution in [0.25, 0.3) is 0 Å². The minimum absolute atomic E-state index is 0.00214. The number of nitrogens with one attached hydrogen (secondary N) is 3. The van der Waals surface area contributed by atoms with Crippen molar-refractivity contribution < 1.29 is 52.4 Å². The van der Waals surface area contributed by atoms with Crippen LogP contribution in [0.5, 0.6) is 5.75 Å². The lowest BCUT2D eigenvalue weighted by Gasteiger charge is -2.44. The van der Waals surface area contributed by atoms with Gasteiger partial charge in [0.05, 0.1) is 24.5 Å². The average molecular weight is 605 g/mol. The van der Waals surface area contributed by atoms with Gasteiger partial charge in [0, 0.05) is 18.0 Å².